The summed E-state index contributed by atoms with van der Waals surface area (Å²) in [6, 6.07) is 0.957. The van der Waals surface area contributed by atoms with Gasteiger partial charge in [0.15, 0.2) is 17.9 Å². The number of quaternary nitrogens is 1. The third kappa shape index (κ3) is 3.69. The Morgan fingerprint density at radius 2 is 2.06 bits per heavy atom. The van der Waals surface area contributed by atoms with E-state index in [1.807, 2.05) is 6.07 Å². The lowest BCUT2D eigenvalue weighted by molar-refractivity contribution is -0.856. The van der Waals surface area contributed by atoms with E-state index in [9.17, 15) is 19.6 Å². The molecule has 0 aromatic carbocycles. The van der Waals surface area contributed by atoms with Gasteiger partial charge in [0.1, 0.15) is 12.2 Å². The summed E-state index contributed by atoms with van der Waals surface area (Å²) in [7, 11) is 0. The third-order valence-corrected chi connectivity index (χ3v) is 8.93. The number of aromatic nitrogens is 1. The molecule has 1 aromatic heterocycles. The SMILES string of the molecule is Cc1c(N2C(=O)[C@@H]3C4CC(N(C(=O)O[C@@H]5C[C@H](C)CC[C@H]5C(C)C)C4)[NH+]3C2=O)cnc(C#N)c1Cl. The van der Waals surface area contributed by atoms with Crippen LogP contribution in [0.2, 0.25) is 5.02 Å². The second-order valence-corrected chi connectivity index (χ2v) is 11.2. The van der Waals surface area contributed by atoms with Crippen LogP contribution in [0.3, 0.4) is 0 Å². The van der Waals surface area contributed by atoms with E-state index in [0.29, 0.717) is 41.2 Å². The van der Waals surface area contributed by atoms with Crippen molar-refractivity contribution in [3.63, 3.8) is 0 Å². The van der Waals surface area contributed by atoms with Gasteiger partial charge in [-0.1, -0.05) is 38.8 Å². The van der Waals surface area contributed by atoms with Crippen molar-refractivity contribution in [2.24, 2.45) is 23.7 Å². The maximum absolute atomic E-state index is 13.5. The van der Waals surface area contributed by atoms with Crippen LogP contribution in [-0.2, 0) is 9.53 Å². The lowest BCUT2D eigenvalue weighted by Crippen LogP contribution is -3.20. The molecule has 3 unspecified atom stereocenters. The highest BCUT2D eigenvalue weighted by Gasteiger charge is 2.68. The van der Waals surface area contributed by atoms with Gasteiger partial charge in [-0.15, -0.1) is 0 Å². The second kappa shape index (κ2) is 8.75. The fourth-order valence-corrected chi connectivity index (χ4v) is 6.78. The molecule has 1 aromatic rings. The summed E-state index contributed by atoms with van der Waals surface area (Å²) in [4.78, 5) is 47.4. The molecule has 10 heteroatoms. The summed E-state index contributed by atoms with van der Waals surface area (Å²) in [6.45, 7) is 8.60. The fraction of sp³-hybridized carbons (Fsp3) is 0.640. The van der Waals surface area contributed by atoms with Gasteiger partial charge < -0.3 is 4.74 Å². The molecule has 4 heterocycles. The highest BCUT2D eigenvalue weighted by atomic mass is 35.5. The van der Waals surface area contributed by atoms with Gasteiger partial charge in [-0.3, -0.25) is 9.69 Å². The van der Waals surface area contributed by atoms with E-state index in [0.717, 1.165) is 24.2 Å². The van der Waals surface area contributed by atoms with Crippen LogP contribution in [0.25, 0.3) is 0 Å². The summed E-state index contributed by atoms with van der Waals surface area (Å²) >= 11 is 6.25. The lowest BCUT2D eigenvalue weighted by atomic mass is 9.75. The van der Waals surface area contributed by atoms with Crippen LogP contribution < -0.4 is 9.80 Å². The molecule has 1 N–H and O–H groups in total. The fourth-order valence-electron chi connectivity index (χ4n) is 6.59. The summed E-state index contributed by atoms with van der Waals surface area (Å²) in [5, 5.41) is 9.30. The topological polar surface area (TPSA) is 108 Å². The van der Waals surface area contributed by atoms with Crippen LogP contribution in [0.5, 0.6) is 0 Å². The molecule has 4 fully saturated rings. The van der Waals surface area contributed by atoms with E-state index in [2.05, 4.69) is 25.8 Å². The molecule has 4 amide bonds. The first kappa shape index (κ1) is 24.0. The Balaban J connectivity index is 1.36. The maximum Gasteiger partial charge on any atom is 0.431 e. The second-order valence-electron chi connectivity index (χ2n) is 10.9. The number of halogens is 1. The van der Waals surface area contributed by atoms with Crippen molar-refractivity contribution in [2.75, 3.05) is 11.4 Å². The zero-order valence-electron chi connectivity index (χ0n) is 20.5. The maximum atomic E-state index is 13.5. The molecule has 3 aliphatic heterocycles. The van der Waals surface area contributed by atoms with E-state index >= 15 is 0 Å². The highest BCUT2D eigenvalue weighted by molar-refractivity contribution is 6.33. The van der Waals surface area contributed by atoms with E-state index in [4.69, 9.17) is 16.3 Å². The Morgan fingerprint density at radius 1 is 1.31 bits per heavy atom. The number of amides is 4. The molecule has 186 valence electrons. The first-order valence-corrected chi connectivity index (χ1v) is 12.8. The van der Waals surface area contributed by atoms with Crippen LogP contribution in [0.4, 0.5) is 15.3 Å². The van der Waals surface area contributed by atoms with Crippen molar-refractivity contribution in [1.82, 2.24) is 9.88 Å². The molecule has 5 rings (SSSR count). The van der Waals surface area contributed by atoms with Gasteiger partial charge in [-0.05, 0) is 43.1 Å². The number of imide groups is 1. The smallest absolute Gasteiger partial charge is 0.431 e. The first-order valence-electron chi connectivity index (χ1n) is 12.4. The summed E-state index contributed by atoms with van der Waals surface area (Å²) < 4.78 is 6.06. The normalized spacial score (nSPS) is 33.9. The van der Waals surface area contributed by atoms with Crippen LogP contribution in [0.1, 0.15) is 57.7 Å². The molecule has 7 atom stereocenters. The largest absolute Gasteiger partial charge is 0.446 e. The number of hydrogen-bond donors (Lipinski definition) is 1. The van der Waals surface area contributed by atoms with Crippen molar-refractivity contribution in [2.45, 2.75) is 71.7 Å². The van der Waals surface area contributed by atoms with Crippen LogP contribution in [0.15, 0.2) is 6.20 Å². The summed E-state index contributed by atoms with van der Waals surface area (Å²) in [5.41, 5.74) is 0.788. The lowest BCUT2D eigenvalue weighted by Gasteiger charge is -2.38. The number of rotatable bonds is 3. The van der Waals surface area contributed by atoms with Crippen molar-refractivity contribution < 1.29 is 24.0 Å². The van der Waals surface area contributed by atoms with E-state index in [-0.39, 0.29) is 40.4 Å². The molecular formula is C25H31ClN5O4+. The number of nitrogens with one attached hydrogen (secondary N) is 1. The number of fused-ring (bicyclic) bond motifs is 5. The summed E-state index contributed by atoms with van der Waals surface area (Å²) in [5.74, 6) is 0.842. The molecule has 0 radical (unpaired) electrons. The Kier molecular flexibility index (Phi) is 6.01. The van der Waals surface area contributed by atoms with Gasteiger partial charge in [0, 0.05) is 18.9 Å². The molecule has 1 saturated carbocycles. The first-order chi connectivity index (χ1) is 16.6. The number of ether oxygens (including phenoxy) is 1. The molecular weight excluding hydrogens is 470 g/mol. The standard InChI is InChI=1S/C25H30ClN5O4/c1-12(2)16-6-5-13(3)7-19(16)35-25(34)29-11-15-8-20(29)31-22(15)23(32)30(24(31)33)18-10-28-17(9-27)21(26)14(18)4/h10,12-13,15-16,19-20,22H,5-8,11H2,1-4H3/p+1/t13-,15?,16+,19-,20?,22+/m1/s1. The molecule has 2 bridgehead atoms. The van der Waals surface area contributed by atoms with Gasteiger partial charge in [-0.2, -0.15) is 10.2 Å². The molecule has 35 heavy (non-hydrogen) atoms. The van der Waals surface area contributed by atoms with Crippen LogP contribution >= 0.6 is 11.6 Å². The quantitative estimate of drug-likeness (QED) is 0.639. The molecule has 9 nitrogen and oxygen atoms in total. The monoisotopic (exact) mass is 500 g/mol. The molecule has 1 aliphatic carbocycles. The van der Waals surface area contributed by atoms with E-state index in [1.165, 1.54) is 6.20 Å². The van der Waals surface area contributed by atoms with Crippen LogP contribution in [0, 0.1) is 41.9 Å². The predicted octanol–water partition coefficient (Wildman–Crippen LogP) is 2.89. The number of carbonyl (C=O) groups is 3. The van der Waals surface area contributed by atoms with Crippen molar-refractivity contribution in [3.05, 3.63) is 22.5 Å². The van der Waals surface area contributed by atoms with Gasteiger partial charge in [0.25, 0.3) is 5.91 Å². The van der Waals surface area contributed by atoms with Gasteiger partial charge in [-0.25, -0.2) is 19.5 Å². The Morgan fingerprint density at radius 3 is 2.74 bits per heavy atom. The Labute approximate surface area is 210 Å². The van der Waals surface area contributed by atoms with E-state index < -0.39 is 18.2 Å². The Hall–Kier alpha value is -2.70. The van der Waals surface area contributed by atoms with Crippen molar-refractivity contribution in [3.8, 4) is 6.07 Å². The Bertz CT molecular complexity index is 1130. The predicted molar refractivity (Wildman–Crippen MR) is 127 cm³/mol. The van der Waals surface area contributed by atoms with E-state index in [1.54, 1.807) is 11.8 Å². The zero-order valence-corrected chi connectivity index (χ0v) is 21.2. The molecule has 4 aliphatic rings. The number of carbonyl (C=O) groups excluding carboxylic acids is 3. The highest BCUT2D eigenvalue weighted by Crippen LogP contribution is 2.38. The number of hydrogen-bond acceptors (Lipinski definition) is 6. The number of nitrogens with zero attached hydrogens (tertiary/aromatic N) is 4. The minimum Gasteiger partial charge on any atom is -0.446 e. The summed E-state index contributed by atoms with van der Waals surface area (Å²) in [6.07, 6.45) is 4.05. The number of anilines is 1. The molecule has 3 saturated heterocycles. The third-order valence-electron chi connectivity index (χ3n) is 8.47. The minimum atomic E-state index is -0.538. The average molecular weight is 501 g/mol. The average Bonchev–Trinajstić information content (AvgIpc) is 3.47. The zero-order chi connectivity index (χ0) is 25.2. The number of urea groups is 1. The molecule has 0 spiro atoms. The number of pyridine rings is 1. The number of likely N-dealkylation sites (tertiary alicyclic amines) is 1. The number of nitriles is 1. The van der Waals surface area contributed by atoms with Gasteiger partial charge in [0.05, 0.1) is 16.9 Å². The van der Waals surface area contributed by atoms with Crippen molar-refractivity contribution >= 4 is 35.3 Å². The van der Waals surface area contributed by atoms with Gasteiger partial charge in [0.2, 0.25) is 0 Å². The van der Waals surface area contributed by atoms with Crippen molar-refractivity contribution in [1.29, 1.82) is 5.26 Å². The van der Waals surface area contributed by atoms with Gasteiger partial charge >= 0.3 is 12.1 Å². The van der Waals surface area contributed by atoms with Crippen LogP contribution in [-0.4, -0.2) is 52.8 Å². The minimum absolute atomic E-state index is 0.0468.